The van der Waals surface area contributed by atoms with Crippen LogP contribution in [0.3, 0.4) is 0 Å². The number of fused-ring (bicyclic) bond motifs is 1. The van der Waals surface area contributed by atoms with Gasteiger partial charge in [0.1, 0.15) is 11.0 Å². The van der Waals surface area contributed by atoms with Crippen LogP contribution in [0.15, 0.2) is 47.1 Å². The lowest BCUT2D eigenvalue weighted by Crippen LogP contribution is -2.41. The molecular weight excluding hydrogens is 382 g/mol. The Bertz CT molecular complexity index is 950. The molecule has 146 valence electrons. The van der Waals surface area contributed by atoms with Crippen molar-refractivity contribution in [1.82, 2.24) is 15.2 Å². The molecule has 0 fully saturated rings. The molecule has 0 saturated carbocycles. The monoisotopic (exact) mass is 401 g/mol. The van der Waals surface area contributed by atoms with Crippen LogP contribution in [0.2, 0.25) is 0 Å². The number of nitrogens with one attached hydrogen (secondary N) is 1. The fourth-order valence-electron chi connectivity index (χ4n) is 2.38. The number of furan rings is 1. The van der Waals surface area contributed by atoms with Gasteiger partial charge in [0.2, 0.25) is 0 Å². The molecule has 1 atom stereocenters. The number of thiazole rings is 1. The predicted octanol–water partition coefficient (Wildman–Crippen LogP) is 2.21. The van der Waals surface area contributed by atoms with Crippen LogP contribution in [0.25, 0.3) is 10.2 Å². The summed E-state index contributed by atoms with van der Waals surface area (Å²) in [5.41, 5.74) is 0.885. The zero-order valence-electron chi connectivity index (χ0n) is 15.4. The van der Waals surface area contributed by atoms with Crippen LogP contribution in [0, 0.1) is 0 Å². The third-order valence-corrected chi connectivity index (χ3v) is 4.94. The first-order valence-electron chi connectivity index (χ1n) is 8.53. The van der Waals surface area contributed by atoms with Gasteiger partial charge in [-0.1, -0.05) is 12.1 Å². The lowest BCUT2D eigenvalue weighted by Gasteiger charge is -2.17. The number of para-hydroxylation sites is 1. The highest BCUT2D eigenvalue weighted by molar-refractivity contribution is 7.18. The molecule has 0 aliphatic rings. The Kier molecular flexibility index (Phi) is 6.05. The molecule has 2 aromatic heterocycles. The van der Waals surface area contributed by atoms with Crippen LogP contribution in [0.4, 0.5) is 0 Å². The minimum atomic E-state index is -0.917. The average molecular weight is 401 g/mol. The molecule has 0 aliphatic carbocycles. The standard InChI is InChI=1S/C19H19N3O5S/c1-12(20-18(24)14-7-5-9-26-14)19(25)27-11-17(23)22(2)10-16-21-13-6-3-4-8-15(13)28-16/h3-9,12H,10-11H2,1-2H3,(H,20,24)/t12-/m0/s1. The van der Waals surface area contributed by atoms with Gasteiger partial charge >= 0.3 is 5.97 Å². The summed E-state index contributed by atoms with van der Waals surface area (Å²) in [4.78, 5) is 42.0. The molecule has 9 heteroatoms. The number of hydrogen-bond acceptors (Lipinski definition) is 7. The Labute approximate surface area is 165 Å². The van der Waals surface area contributed by atoms with Gasteiger partial charge in [-0.2, -0.15) is 0 Å². The minimum Gasteiger partial charge on any atom is -0.459 e. The normalized spacial score (nSPS) is 11.8. The molecule has 8 nitrogen and oxygen atoms in total. The third kappa shape index (κ3) is 4.74. The first-order chi connectivity index (χ1) is 13.4. The molecule has 0 spiro atoms. The van der Waals surface area contributed by atoms with E-state index in [1.54, 1.807) is 13.1 Å². The van der Waals surface area contributed by atoms with E-state index in [1.165, 1.54) is 35.5 Å². The first kappa shape index (κ1) is 19.6. The van der Waals surface area contributed by atoms with E-state index in [0.29, 0.717) is 6.54 Å². The topological polar surface area (TPSA) is 102 Å². The van der Waals surface area contributed by atoms with Crippen molar-refractivity contribution in [2.45, 2.75) is 19.5 Å². The van der Waals surface area contributed by atoms with Gasteiger partial charge in [-0.25, -0.2) is 9.78 Å². The maximum Gasteiger partial charge on any atom is 0.328 e. The molecule has 1 aromatic carbocycles. The molecule has 2 amide bonds. The SMILES string of the molecule is C[C@H](NC(=O)c1ccco1)C(=O)OCC(=O)N(C)Cc1nc2ccccc2s1. The second-order valence-corrected chi connectivity index (χ2v) is 7.22. The Morgan fingerprint density at radius 3 is 2.75 bits per heavy atom. The van der Waals surface area contributed by atoms with Crippen molar-refractivity contribution in [3.63, 3.8) is 0 Å². The summed E-state index contributed by atoms with van der Waals surface area (Å²) in [6.45, 7) is 1.38. The molecule has 0 bridgehead atoms. The molecule has 3 rings (SSSR count). The highest BCUT2D eigenvalue weighted by Gasteiger charge is 2.21. The third-order valence-electron chi connectivity index (χ3n) is 3.92. The van der Waals surface area contributed by atoms with Crippen LogP contribution >= 0.6 is 11.3 Å². The van der Waals surface area contributed by atoms with Crippen LogP contribution in [-0.4, -0.2) is 47.4 Å². The highest BCUT2D eigenvalue weighted by atomic mass is 32.1. The number of carbonyl (C=O) groups excluding carboxylic acids is 3. The molecule has 0 unspecified atom stereocenters. The summed E-state index contributed by atoms with van der Waals surface area (Å²) >= 11 is 1.51. The first-order valence-corrected chi connectivity index (χ1v) is 9.35. The molecule has 3 aromatic rings. The van der Waals surface area contributed by atoms with E-state index >= 15 is 0 Å². The molecular formula is C19H19N3O5S. The number of benzene rings is 1. The van der Waals surface area contributed by atoms with E-state index in [1.807, 2.05) is 24.3 Å². The largest absolute Gasteiger partial charge is 0.459 e. The second-order valence-electron chi connectivity index (χ2n) is 6.11. The highest BCUT2D eigenvalue weighted by Crippen LogP contribution is 2.22. The zero-order chi connectivity index (χ0) is 20.1. The van der Waals surface area contributed by atoms with E-state index in [4.69, 9.17) is 9.15 Å². The van der Waals surface area contributed by atoms with E-state index in [0.717, 1.165) is 15.2 Å². The van der Waals surface area contributed by atoms with Crippen molar-refractivity contribution >= 4 is 39.3 Å². The van der Waals surface area contributed by atoms with E-state index in [9.17, 15) is 14.4 Å². The summed E-state index contributed by atoms with van der Waals surface area (Å²) < 4.78 is 11.0. The number of carbonyl (C=O) groups is 3. The molecule has 0 aliphatic heterocycles. The van der Waals surface area contributed by atoms with Crippen LogP contribution in [-0.2, 0) is 20.9 Å². The number of hydrogen-bond donors (Lipinski definition) is 1. The maximum absolute atomic E-state index is 12.2. The molecule has 2 heterocycles. The van der Waals surface area contributed by atoms with Crippen molar-refractivity contribution in [3.8, 4) is 0 Å². The van der Waals surface area contributed by atoms with Gasteiger partial charge in [0, 0.05) is 7.05 Å². The maximum atomic E-state index is 12.2. The van der Waals surface area contributed by atoms with Gasteiger partial charge < -0.3 is 19.4 Å². The van der Waals surface area contributed by atoms with Crippen molar-refractivity contribution in [1.29, 1.82) is 0 Å². The fraction of sp³-hybridized carbons (Fsp3) is 0.263. The predicted molar refractivity (Wildman–Crippen MR) is 103 cm³/mol. The Balaban J connectivity index is 1.47. The quantitative estimate of drug-likeness (QED) is 0.609. The lowest BCUT2D eigenvalue weighted by molar-refractivity contribution is -0.153. The number of likely N-dealkylation sites (N-methyl/N-ethyl adjacent to an activating group) is 1. The van der Waals surface area contributed by atoms with E-state index in [2.05, 4.69) is 10.3 Å². The van der Waals surface area contributed by atoms with Gasteiger partial charge in [0.05, 0.1) is 23.0 Å². The van der Waals surface area contributed by atoms with Crippen LogP contribution in [0.1, 0.15) is 22.5 Å². The Morgan fingerprint density at radius 1 is 1.25 bits per heavy atom. The summed E-state index contributed by atoms with van der Waals surface area (Å²) in [7, 11) is 1.62. The van der Waals surface area contributed by atoms with Crippen molar-refractivity contribution in [3.05, 3.63) is 53.4 Å². The fourth-order valence-corrected chi connectivity index (χ4v) is 3.40. The van der Waals surface area contributed by atoms with Crippen LogP contribution in [0.5, 0.6) is 0 Å². The number of aromatic nitrogens is 1. The lowest BCUT2D eigenvalue weighted by atomic mass is 10.3. The van der Waals surface area contributed by atoms with Crippen molar-refractivity contribution in [2.24, 2.45) is 0 Å². The smallest absolute Gasteiger partial charge is 0.328 e. The van der Waals surface area contributed by atoms with Crippen molar-refractivity contribution < 1.29 is 23.5 Å². The second kappa shape index (κ2) is 8.66. The van der Waals surface area contributed by atoms with Gasteiger partial charge in [0.15, 0.2) is 12.4 Å². The van der Waals surface area contributed by atoms with Gasteiger partial charge in [-0.3, -0.25) is 9.59 Å². The summed E-state index contributed by atoms with van der Waals surface area (Å²) in [6, 6.07) is 9.86. The molecule has 0 saturated heterocycles. The average Bonchev–Trinajstić information content (AvgIpc) is 3.34. The molecule has 0 radical (unpaired) electrons. The van der Waals surface area contributed by atoms with Crippen molar-refractivity contribution in [2.75, 3.05) is 13.7 Å². The number of ether oxygens (including phenoxy) is 1. The van der Waals surface area contributed by atoms with E-state index in [-0.39, 0.29) is 11.7 Å². The number of rotatable bonds is 7. The van der Waals surface area contributed by atoms with Gasteiger partial charge in [-0.05, 0) is 31.2 Å². The number of nitrogens with zero attached hydrogens (tertiary/aromatic N) is 2. The molecule has 1 N–H and O–H groups in total. The summed E-state index contributed by atoms with van der Waals surface area (Å²) in [5.74, 6) is -1.51. The van der Waals surface area contributed by atoms with Crippen LogP contribution < -0.4 is 5.32 Å². The summed E-state index contributed by atoms with van der Waals surface area (Å²) in [6.07, 6.45) is 1.36. The van der Waals surface area contributed by atoms with E-state index < -0.39 is 24.5 Å². The Hall–Kier alpha value is -3.20. The number of amides is 2. The zero-order valence-corrected chi connectivity index (χ0v) is 16.2. The molecule has 28 heavy (non-hydrogen) atoms. The van der Waals surface area contributed by atoms with Gasteiger partial charge in [-0.15, -0.1) is 11.3 Å². The van der Waals surface area contributed by atoms with Gasteiger partial charge in [0.25, 0.3) is 11.8 Å². The summed E-state index contributed by atoms with van der Waals surface area (Å²) in [5, 5.41) is 3.24. The Morgan fingerprint density at radius 2 is 2.04 bits per heavy atom. The minimum absolute atomic E-state index is 0.0892. The number of esters is 1.